The summed E-state index contributed by atoms with van der Waals surface area (Å²) < 4.78 is 12.7. The molecule has 0 fully saturated rings. The van der Waals surface area contributed by atoms with E-state index in [0.29, 0.717) is 5.89 Å². The number of oxazole rings is 1. The van der Waals surface area contributed by atoms with Crippen LogP contribution in [0.1, 0.15) is 0 Å². The second kappa shape index (κ2) is 11.9. The summed E-state index contributed by atoms with van der Waals surface area (Å²) in [5, 5.41) is 4.40. The van der Waals surface area contributed by atoms with E-state index in [1.54, 1.807) is 0 Å². The van der Waals surface area contributed by atoms with E-state index in [1.807, 2.05) is 42.5 Å². The highest BCUT2D eigenvalue weighted by molar-refractivity contribution is 6.17. The topological polar surface area (TPSA) is 42.4 Å². The third-order valence-corrected chi connectivity index (χ3v) is 9.69. The third-order valence-electron chi connectivity index (χ3n) is 9.69. The minimum Gasteiger partial charge on any atom is -0.456 e. The van der Waals surface area contributed by atoms with Crippen LogP contribution in [0.15, 0.2) is 191 Å². The number of furan rings is 1. The van der Waals surface area contributed by atoms with Crippen LogP contribution in [0.5, 0.6) is 0 Å². The monoisotopic (exact) mass is 654 g/mol. The van der Waals surface area contributed by atoms with Crippen molar-refractivity contribution >= 4 is 60.9 Å². The molecule has 2 heterocycles. The van der Waals surface area contributed by atoms with Crippen LogP contribution in [0, 0.1) is 0 Å². The van der Waals surface area contributed by atoms with Crippen LogP contribution in [0.25, 0.3) is 77.5 Å². The second-order valence-electron chi connectivity index (χ2n) is 12.8. The highest BCUT2D eigenvalue weighted by Crippen LogP contribution is 2.42. The summed E-state index contributed by atoms with van der Waals surface area (Å²) >= 11 is 0. The minimum atomic E-state index is 0.592. The summed E-state index contributed by atoms with van der Waals surface area (Å²) in [6, 6.07) is 63.5. The van der Waals surface area contributed by atoms with E-state index < -0.39 is 0 Å². The zero-order valence-corrected chi connectivity index (χ0v) is 27.5. The van der Waals surface area contributed by atoms with Crippen LogP contribution < -0.4 is 4.90 Å². The van der Waals surface area contributed by atoms with Crippen LogP contribution in [-0.2, 0) is 0 Å². The van der Waals surface area contributed by atoms with E-state index in [1.165, 1.54) is 27.5 Å². The smallest absolute Gasteiger partial charge is 0.227 e. The summed E-state index contributed by atoms with van der Waals surface area (Å²) in [6.07, 6.45) is 0. The lowest BCUT2D eigenvalue weighted by Crippen LogP contribution is -2.10. The van der Waals surface area contributed by atoms with Crippen molar-refractivity contribution in [3.05, 3.63) is 182 Å². The van der Waals surface area contributed by atoms with Gasteiger partial charge in [-0.3, -0.25) is 0 Å². The van der Waals surface area contributed by atoms with Gasteiger partial charge in [0.15, 0.2) is 5.58 Å². The number of aromatic nitrogens is 1. The summed E-state index contributed by atoms with van der Waals surface area (Å²) in [7, 11) is 0. The van der Waals surface area contributed by atoms with Crippen molar-refractivity contribution in [1.29, 1.82) is 0 Å². The van der Waals surface area contributed by atoms with E-state index in [-0.39, 0.29) is 0 Å². The van der Waals surface area contributed by atoms with Crippen molar-refractivity contribution < 1.29 is 8.83 Å². The van der Waals surface area contributed by atoms with Crippen molar-refractivity contribution in [2.75, 3.05) is 4.90 Å². The molecule has 0 saturated carbocycles. The standard InChI is InChI=1S/C47H30N2O2/c1-3-11-31(12-4-1)35-17-9-18-37(29-35)49(36-23-21-33(22-24-36)40-20-10-16-32-13-7-8-19-39(32)40)38-25-26-42-41(30-38)45-43(50-42)27-28-44-46(45)48-47(51-44)34-14-5-2-6-15-34/h1-30H. The quantitative estimate of drug-likeness (QED) is 0.179. The first-order valence-corrected chi connectivity index (χ1v) is 17.1. The zero-order chi connectivity index (χ0) is 33.7. The first kappa shape index (κ1) is 29.0. The fraction of sp³-hybridized carbons (Fsp3) is 0. The van der Waals surface area contributed by atoms with Crippen molar-refractivity contribution in [2.24, 2.45) is 0 Å². The Morgan fingerprint density at radius 3 is 1.88 bits per heavy atom. The lowest BCUT2D eigenvalue weighted by Gasteiger charge is -2.26. The fourth-order valence-electron chi connectivity index (χ4n) is 7.25. The summed E-state index contributed by atoms with van der Waals surface area (Å²) in [4.78, 5) is 7.30. The molecule has 4 nitrogen and oxygen atoms in total. The van der Waals surface area contributed by atoms with Crippen LogP contribution in [0.4, 0.5) is 17.1 Å². The predicted octanol–water partition coefficient (Wildman–Crippen LogP) is 13.4. The first-order valence-electron chi connectivity index (χ1n) is 17.1. The molecule has 240 valence electrons. The van der Waals surface area contributed by atoms with Crippen molar-refractivity contribution in [3.8, 4) is 33.7 Å². The lowest BCUT2D eigenvalue weighted by molar-refractivity contribution is 0.619. The molecule has 10 rings (SSSR count). The summed E-state index contributed by atoms with van der Waals surface area (Å²) in [5.41, 5.74) is 11.9. The Kier molecular flexibility index (Phi) is 6.78. The molecular weight excluding hydrogens is 625 g/mol. The summed E-state index contributed by atoms with van der Waals surface area (Å²) in [5.74, 6) is 0.592. The first-order chi connectivity index (χ1) is 25.3. The van der Waals surface area contributed by atoms with E-state index >= 15 is 0 Å². The van der Waals surface area contributed by atoms with Crippen LogP contribution >= 0.6 is 0 Å². The summed E-state index contributed by atoms with van der Waals surface area (Å²) in [6.45, 7) is 0. The van der Waals surface area contributed by atoms with Gasteiger partial charge in [-0.2, -0.15) is 0 Å². The maximum atomic E-state index is 6.40. The van der Waals surface area contributed by atoms with Gasteiger partial charge in [0.2, 0.25) is 5.89 Å². The van der Waals surface area contributed by atoms with Gasteiger partial charge in [0.1, 0.15) is 16.7 Å². The molecule has 0 aliphatic carbocycles. The van der Waals surface area contributed by atoms with E-state index in [4.69, 9.17) is 13.8 Å². The van der Waals surface area contributed by atoms with Gasteiger partial charge >= 0.3 is 0 Å². The Bertz CT molecular complexity index is 2850. The number of fused-ring (bicyclic) bond motifs is 6. The fourth-order valence-corrected chi connectivity index (χ4v) is 7.25. The lowest BCUT2D eigenvalue weighted by atomic mass is 9.98. The molecule has 0 bridgehead atoms. The molecule has 0 spiro atoms. The molecule has 0 N–H and O–H groups in total. The average molecular weight is 655 g/mol. The largest absolute Gasteiger partial charge is 0.456 e. The number of rotatable bonds is 6. The average Bonchev–Trinajstić information content (AvgIpc) is 3.81. The maximum absolute atomic E-state index is 6.40. The van der Waals surface area contributed by atoms with Gasteiger partial charge < -0.3 is 13.7 Å². The Labute approximate surface area is 294 Å². The van der Waals surface area contributed by atoms with E-state index in [9.17, 15) is 0 Å². The number of hydrogen-bond acceptors (Lipinski definition) is 4. The highest BCUT2D eigenvalue weighted by Gasteiger charge is 2.20. The highest BCUT2D eigenvalue weighted by atomic mass is 16.4. The Balaban J connectivity index is 1.15. The van der Waals surface area contributed by atoms with E-state index in [0.717, 1.165) is 61.2 Å². The van der Waals surface area contributed by atoms with Crippen LogP contribution in [0.3, 0.4) is 0 Å². The van der Waals surface area contributed by atoms with Gasteiger partial charge in [0, 0.05) is 28.0 Å². The van der Waals surface area contributed by atoms with Crippen molar-refractivity contribution in [2.45, 2.75) is 0 Å². The molecule has 0 atom stereocenters. The van der Waals surface area contributed by atoms with Crippen molar-refractivity contribution in [1.82, 2.24) is 4.98 Å². The normalized spacial score (nSPS) is 11.5. The molecule has 0 saturated heterocycles. The number of benzene rings is 8. The molecule has 0 aliphatic heterocycles. The minimum absolute atomic E-state index is 0.592. The number of anilines is 3. The van der Waals surface area contributed by atoms with E-state index in [2.05, 4.69) is 144 Å². The van der Waals surface area contributed by atoms with Gasteiger partial charge in [-0.1, -0.05) is 115 Å². The van der Waals surface area contributed by atoms with Gasteiger partial charge in [-0.05, 0) is 99.8 Å². The Morgan fingerprint density at radius 2 is 1.04 bits per heavy atom. The molecule has 8 aromatic carbocycles. The number of hydrogen-bond donors (Lipinski definition) is 0. The molecular formula is C47H30N2O2. The third kappa shape index (κ3) is 5.04. The molecule has 0 aliphatic rings. The van der Waals surface area contributed by atoms with Crippen molar-refractivity contribution in [3.63, 3.8) is 0 Å². The van der Waals surface area contributed by atoms with Crippen LogP contribution in [0.2, 0.25) is 0 Å². The van der Waals surface area contributed by atoms with Gasteiger partial charge in [0.05, 0.1) is 5.39 Å². The molecule has 4 heteroatoms. The van der Waals surface area contributed by atoms with Gasteiger partial charge in [-0.15, -0.1) is 0 Å². The molecule has 0 amide bonds. The number of nitrogens with zero attached hydrogens (tertiary/aromatic N) is 2. The molecule has 0 unspecified atom stereocenters. The Morgan fingerprint density at radius 1 is 0.392 bits per heavy atom. The van der Waals surface area contributed by atoms with Gasteiger partial charge in [0.25, 0.3) is 0 Å². The molecule has 2 aromatic heterocycles. The SMILES string of the molecule is c1ccc(-c2cccc(N(c3ccc(-c4cccc5ccccc45)cc3)c3ccc4oc5ccc6oc(-c7ccccc7)nc6c5c4c3)c2)cc1. The second-order valence-corrected chi connectivity index (χ2v) is 12.8. The maximum Gasteiger partial charge on any atom is 0.227 e. The predicted molar refractivity (Wildman–Crippen MR) is 210 cm³/mol. The van der Waals surface area contributed by atoms with Crippen LogP contribution in [-0.4, -0.2) is 4.98 Å². The Hall–Kier alpha value is -6.91. The zero-order valence-electron chi connectivity index (χ0n) is 27.5. The molecule has 51 heavy (non-hydrogen) atoms. The molecule has 10 aromatic rings. The molecule has 0 radical (unpaired) electrons. The van der Waals surface area contributed by atoms with Gasteiger partial charge in [-0.25, -0.2) is 4.98 Å².